The Balaban J connectivity index is 2.14. The van der Waals surface area contributed by atoms with Crippen LogP contribution in [0.15, 0.2) is 48.5 Å². The van der Waals surface area contributed by atoms with E-state index in [2.05, 4.69) is 5.32 Å². The Morgan fingerprint density at radius 1 is 1.07 bits per heavy atom. The number of benzene rings is 2. The van der Waals surface area contributed by atoms with Crippen molar-refractivity contribution >= 4 is 11.8 Å². The van der Waals surface area contributed by atoms with Gasteiger partial charge >= 0.3 is 0 Å². The monoisotopic (exact) mass is 416 g/mol. The lowest BCUT2D eigenvalue weighted by molar-refractivity contribution is -0.142. The minimum absolute atomic E-state index is 0.0269. The van der Waals surface area contributed by atoms with E-state index in [0.717, 1.165) is 6.42 Å². The summed E-state index contributed by atoms with van der Waals surface area (Å²) in [6, 6.07) is 12.2. The number of methoxy groups -OCH3 is 1. The van der Waals surface area contributed by atoms with E-state index in [-0.39, 0.29) is 25.1 Å². The number of nitrogens with zero attached hydrogens (tertiary/aromatic N) is 1. The maximum atomic E-state index is 14.2. The molecule has 0 unspecified atom stereocenters. The van der Waals surface area contributed by atoms with Gasteiger partial charge in [0.25, 0.3) is 5.91 Å². The number of halogens is 1. The molecule has 1 N–H and O–H groups in total. The molecule has 0 radical (unpaired) electrons. The second-order valence-corrected chi connectivity index (χ2v) is 7.07. The molecule has 0 heterocycles. The number of hydrogen-bond acceptors (Lipinski definition) is 4. The van der Waals surface area contributed by atoms with Gasteiger partial charge in [-0.15, -0.1) is 0 Å². The quantitative estimate of drug-likeness (QED) is 0.643. The first-order valence-corrected chi connectivity index (χ1v) is 9.95. The van der Waals surface area contributed by atoms with Crippen molar-refractivity contribution in [2.75, 3.05) is 13.7 Å². The van der Waals surface area contributed by atoms with Crippen LogP contribution in [0, 0.1) is 5.82 Å². The SMILES string of the molecule is CC[C@@H](C)NC(=O)[C@H](C)N(Cc1ccccc1F)C(=O)COc1ccc(OC)cc1. The minimum Gasteiger partial charge on any atom is -0.497 e. The average Bonchev–Trinajstić information content (AvgIpc) is 2.76. The van der Waals surface area contributed by atoms with Crippen molar-refractivity contribution in [3.63, 3.8) is 0 Å². The van der Waals surface area contributed by atoms with Crippen molar-refractivity contribution in [2.45, 2.75) is 45.8 Å². The summed E-state index contributed by atoms with van der Waals surface area (Å²) < 4.78 is 24.9. The first kappa shape index (κ1) is 23.2. The molecule has 6 nitrogen and oxygen atoms in total. The maximum absolute atomic E-state index is 14.2. The Bertz CT molecular complexity index is 841. The lowest BCUT2D eigenvalue weighted by Crippen LogP contribution is -2.50. The fourth-order valence-electron chi connectivity index (χ4n) is 2.76. The van der Waals surface area contributed by atoms with Crippen molar-refractivity contribution in [3.05, 3.63) is 59.9 Å². The summed E-state index contributed by atoms with van der Waals surface area (Å²) in [5.41, 5.74) is 0.332. The summed E-state index contributed by atoms with van der Waals surface area (Å²) in [7, 11) is 1.56. The van der Waals surface area contributed by atoms with Crippen LogP contribution in [-0.4, -0.2) is 42.5 Å². The second-order valence-electron chi connectivity index (χ2n) is 7.07. The van der Waals surface area contributed by atoms with E-state index in [1.54, 1.807) is 56.5 Å². The summed E-state index contributed by atoms with van der Waals surface area (Å²) in [5, 5.41) is 2.87. The number of amides is 2. The third-order valence-electron chi connectivity index (χ3n) is 4.89. The van der Waals surface area contributed by atoms with Gasteiger partial charge in [0.15, 0.2) is 6.61 Å². The molecule has 7 heteroatoms. The van der Waals surface area contributed by atoms with Crippen molar-refractivity contribution in [1.29, 1.82) is 0 Å². The van der Waals surface area contributed by atoms with Gasteiger partial charge in [-0.2, -0.15) is 0 Å². The number of ether oxygens (including phenoxy) is 2. The first-order valence-electron chi connectivity index (χ1n) is 9.95. The van der Waals surface area contributed by atoms with Gasteiger partial charge in [0.1, 0.15) is 23.4 Å². The van der Waals surface area contributed by atoms with E-state index in [9.17, 15) is 14.0 Å². The van der Waals surface area contributed by atoms with E-state index in [4.69, 9.17) is 9.47 Å². The zero-order chi connectivity index (χ0) is 22.1. The van der Waals surface area contributed by atoms with Gasteiger partial charge in [0.2, 0.25) is 5.91 Å². The van der Waals surface area contributed by atoms with Crippen LogP contribution >= 0.6 is 0 Å². The van der Waals surface area contributed by atoms with Crippen LogP contribution in [0.2, 0.25) is 0 Å². The van der Waals surface area contributed by atoms with Gasteiger partial charge in [0.05, 0.1) is 7.11 Å². The number of nitrogens with one attached hydrogen (secondary N) is 1. The zero-order valence-electron chi connectivity index (χ0n) is 17.9. The number of hydrogen-bond donors (Lipinski definition) is 1. The highest BCUT2D eigenvalue weighted by atomic mass is 19.1. The summed E-state index contributed by atoms with van der Waals surface area (Å²) in [6.45, 7) is 5.17. The highest BCUT2D eigenvalue weighted by molar-refractivity contribution is 5.88. The normalized spacial score (nSPS) is 12.6. The Kier molecular flexibility index (Phi) is 8.65. The van der Waals surface area contributed by atoms with E-state index < -0.39 is 17.8 Å². The zero-order valence-corrected chi connectivity index (χ0v) is 17.9. The van der Waals surface area contributed by atoms with Crippen molar-refractivity contribution in [2.24, 2.45) is 0 Å². The molecule has 2 rings (SSSR count). The summed E-state index contributed by atoms with van der Waals surface area (Å²) >= 11 is 0. The molecule has 0 saturated heterocycles. The largest absolute Gasteiger partial charge is 0.497 e. The Morgan fingerprint density at radius 2 is 1.70 bits per heavy atom. The van der Waals surface area contributed by atoms with Crippen LogP contribution in [0.4, 0.5) is 4.39 Å². The number of rotatable bonds is 10. The predicted molar refractivity (Wildman–Crippen MR) is 113 cm³/mol. The van der Waals surface area contributed by atoms with Gasteiger partial charge in [-0.05, 0) is 50.6 Å². The molecule has 0 saturated carbocycles. The molecule has 2 aromatic carbocycles. The standard InChI is InChI=1S/C23H29FN2O4/c1-5-16(2)25-23(28)17(3)26(14-18-8-6-7-9-21(18)24)22(27)15-30-20-12-10-19(29-4)11-13-20/h6-13,16-17H,5,14-15H2,1-4H3,(H,25,28)/t16-,17+/m1/s1. The molecule has 30 heavy (non-hydrogen) atoms. The highest BCUT2D eigenvalue weighted by Gasteiger charge is 2.27. The molecule has 0 aliphatic rings. The molecule has 2 aromatic rings. The second kappa shape index (κ2) is 11.2. The fraction of sp³-hybridized carbons (Fsp3) is 0.391. The molecule has 2 amide bonds. The molecule has 0 aliphatic carbocycles. The molecule has 2 atom stereocenters. The first-order chi connectivity index (χ1) is 14.3. The Labute approximate surface area is 177 Å². The molecule has 162 valence electrons. The molecular formula is C23H29FN2O4. The Morgan fingerprint density at radius 3 is 2.30 bits per heavy atom. The van der Waals surface area contributed by atoms with E-state index in [1.165, 1.54) is 11.0 Å². The predicted octanol–water partition coefficient (Wildman–Crippen LogP) is 3.55. The summed E-state index contributed by atoms with van der Waals surface area (Å²) in [5.74, 6) is 0.0251. The third-order valence-corrected chi connectivity index (χ3v) is 4.89. The van der Waals surface area contributed by atoms with Gasteiger partial charge in [0, 0.05) is 18.2 Å². The summed E-state index contributed by atoms with van der Waals surface area (Å²) in [4.78, 5) is 26.9. The van der Waals surface area contributed by atoms with E-state index >= 15 is 0 Å². The summed E-state index contributed by atoms with van der Waals surface area (Å²) in [6.07, 6.45) is 0.764. The fourth-order valence-corrected chi connectivity index (χ4v) is 2.76. The Hall–Kier alpha value is -3.09. The molecule has 0 bridgehead atoms. The number of carbonyl (C=O) groups excluding carboxylic acids is 2. The lowest BCUT2D eigenvalue weighted by atomic mass is 10.1. The number of carbonyl (C=O) groups is 2. The smallest absolute Gasteiger partial charge is 0.261 e. The molecule has 0 aromatic heterocycles. The average molecular weight is 416 g/mol. The van der Waals surface area contributed by atoms with Crippen LogP contribution < -0.4 is 14.8 Å². The topological polar surface area (TPSA) is 67.9 Å². The van der Waals surface area contributed by atoms with Gasteiger partial charge in [-0.3, -0.25) is 9.59 Å². The van der Waals surface area contributed by atoms with Crippen molar-refractivity contribution < 1.29 is 23.5 Å². The van der Waals surface area contributed by atoms with Crippen LogP contribution in [0.5, 0.6) is 11.5 Å². The van der Waals surface area contributed by atoms with Crippen molar-refractivity contribution in [1.82, 2.24) is 10.2 Å². The van der Waals surface area contributed by atoms with Gasteiger partial charge < -0.3 is 19.7 Å². The van der Waals surface area contributed by atoms with Crippen LogP contribution in [0.25, 0.3) is 0 Å². The van der Waals surface area contributed by atoms with Crippen molar-refractivity contribution in [3.8, 4) is 11.5 Å². The van der Waals surface area contributed by atoms with E-state index in [0.29, 0.717) is 17.1 Å². The maximum Gasteiger partial charge on any atom is 0.261 e. The molecular weight excluding hydrogens is 387 g/mol. The van der Waals surface area contributed by atoms with E-state index in [1.807, 2.05) is 13.8 Å². The lowest BCUT2D eigenvalue weighted by Gasteiger charge is -2.29. The van der Waals surface area contributed by atoms with Gasteiger partial charge in [-0.25, -0.2) is 4.39 Å². The van der Waals surface area contributed by atoms with Crippen LogP contribution in [0.1, 0.15) is 32.8 Å². The van der Waals surface area contributed by atoms with Gasteiger partial charge in [-0.1, -0.05) is 25.1 Å². The highest BCUT2D eigenvalue weighted by Crippen LogP contribution is 2.18. The molecule has 0 aliphatic heterocycles. The van der Waals surface area contributed by atoms with Crippen LogP contribution in [0.3, 0.4) is 0 Å². The minimum atomic E-state index is -0.787. The van der Waals surface area contributed by atoms with Crippen LogP contribution in [-0.2, 0) is 16.1 Å². The molecule has 0 fully saturated rings. The molecule has 0 spiro atoms. The third kappa shape index (κ3) is 6.47.